The molecule has 2 atom stereocenters. The van der Waals surface area contributed by atoms with Crippen LogP contribution in [0, 0.1) is 11.8 Å². The molecule has 2 aliphatic rings. The van der Waals surface area contributed by atoms with Crippen LogP contribution in [0.5, 0.6) is 0 Å². The van der Waals surface area contributed by atoms with Gasteiger partial charge in [-0.25, -0.2) is 0 Å². The SMILES string of the molecule is CCCCNC(=O)[C@@H]1CCCC[C@@H]1C(=O)N1CC(c2ccccn2)C1. The van der Waals surface area contributed by atoms with E-state index in [1.54, 1.807) is 6.20 Å². The van der Waals surface area contributed by atoms with Crippen LogP contribution in [0.15, 0.2) is 24.4 Å². The average Bonchev–Trinajstić information content (AvgIpc) is 2.61. The Kier molecular flexibility index (Phi) is 6.05. The summed E-state index contributed by atoms with van der Waals surface area (Å²) in [6.07, 6.45) is 7.64. The summed E-state index contributed by atoms with van der Waals surface area (Å²) in [4.78, 5) is 31.7. The minimum atomic E-state index is -0.146. The third kappa shape index (κ3) is 4.20. The van der Waals surface area contributed by atoms with Gasteiger partial charge in [0, 0.05) is 49.3 Å². The molecule has 0 aromatic carbocycles. The monoisotopic (exact) mass is 343 g/mol. The molecule has 1 aliphatic carbocycles. The van der Waals surface area contributed by atoms with Crippen LogP contribution in [0.2, 0.25) is 0 Å². The molecule has 0 unspecified atom stereocenters. The molecule has 1 aromatic heterocycles. The van der Waals surface area contributed by atoms with Crippen LogP contribution in [-0.4, -0.2) is 41.3 Å². The number of likely N-dealkylation sites (tertiary alicyclic amines) is 1. The quantitative estimate of drug-likeness (QED) is 0.808. The van der Waals surface area contributed by atoms with Crippen LogP contribution < -0.4 is 5.32 Å². The maximum atomic E-state index is 12.9. The van der Waals surface area contributed by atoms with Crippen molar-refractivity contribution in [1.82, 2.24) is 15.2 Å². The lowest BCUT2D eigenvalue weighted by Gasteiger charge is -2.42. The van der Waals surface area contributed by atoms with Crippen LogP contribution in [0.25, 0.3) is 0 Å². The Morgan fingerprint density at radius 3 is 2.64 bits per heavy atom. The first-order valence-corrected chi connectivity index (χ1v) is 9.68. The topological polar surface area (TPSA) is 62.3 Å². The van der Waals surface area contributed by atoms with Crippen molar-refractivity contribution in [2.24, 2.45) is 11.8 Å². The number of carbonyl (C=O) groups excluding carboxylic acids is 2. The highest BCUT2D eigenvalue weighted by Crippen LogP contribution is 2.35. The second kappa shape index (κ2) is 8.45. The molecule has 3 rings (SSSR count). The van der Waals surface area contributed by atoms with Gasteiger partial charge < -0.3 is 10.2 Å². The molecule has 1 saturated carbocycles. The number of carbonyl (C=O) groups is 2. The van der Waals surface area contributed by atoms with E-state index in [-0.39, 0.29) is 23.7 Å². The van der Waals surface area contributed by atoms with E-state index in [1.165, 1.54) is 0 Å². The minimum absolute atomic E-state index is 0.0771. The molecule has 1 saturated heterocycles. The Morgan fingerprint density at radius 1 is 1.20 bits per heavy atom. The molecule has 5 nitrogen and oxygen atoms in total. The first kappa shape index (κ1) is 17.9. The van der Waals surface area contributed by atoms with E-state index in [9.17, 15) is 9.59 Å². The van der Waals surface area contributed by atoms with Crippen molar-refractivity contribution in [2.45, 2.75) is 51.4 Å². The predicted molar refractivity (Wildman–Crippen MR) is 96.9 cm³/mol. The van der Waals surface area contributed by atoms with Crippen molar-refractivity contribution in [1.29, 1.82) is 0 Å². The van der Waals surface area contributed by atoms with E-state index in [4.69, 9.17) is 0 Å². The second-order valence-corrected chi connectivity index (χ2v) is 7.34. The summed E-state index contributed by atoms with van der Waals surface area (Å²) in [5.74, 6) is 0.299. The van der Waals surface area contributed by atoms with Gasteiger partial charge >= 0.3 is 0 Å². The molecule has 1 aromatic rings. The van der Waals surface area contributed by atoms with Gasteiger partial charge in [-0.05, 0) is 31.4 Å². The van der Waals surface area contributed by atoms with Crippen molar-refractivity contribution < 1.29 is 9.59 Å². The summed E-state index contributed by atoms with van der Waals surface area (Å²) in [5.41, 5.74) is 1.06. The highest BCUT2D eigenvalue weighted by atomic mass is 16.2. The summed E-state index contributed by atoms with van der Waals surface area (Å²) >= 11 is 0. The van der Waals surface area contributed by atoms with Gasteiger partial charge in [0.05, 0.1) is 0 Å². The van der Waals surface area contributed by atoms with Crippen LogP contribution in [0.3, 0.4) is 0 Å². The first-order chi connectivity index (χ1) is 12.2. The number of nitrogens with zero attached hydrogens (tertiary/aromatic N) is 2. The van der Waals surface area contributed by atoms with Crippen LogP contribution in [-0.2, 0) is 9.59 Å². The molecule has 25 heavy (non-hydrogen) atoms. The third-order valence-corrected chi connectivity index (χ3v) is 5.55. The maximum absolute atomic E-state index is 12.9. The Labute approximate surface area is 150 Å². The van der Waals surface area contributed by atoms with Gasteiger partial charge in [-0.3, -0.25) is 14.6 Å². The number of amides is 2. The number of rotatable bonds is 6. The highest BCUT2D eigenvalue weighted by Gasteiger charge is 2.41. The normalized spacial score (nSPS) is 23.8. The fraction of sp³-hybridized carbons (Fsp3) is 0.650. The van der Waals surface area contributed by atoms with Crippen molar-refractivity contribution in [3.63, 3.8) is 0 Å². The number of nitrogens with one attached hydrogen (secondary N) is 1. The van der Waals surface area contributed by atoms with Crippen molar-refractivity contribution in [3.8, 4) is 0 Å². The fourth-order valence-electron chi connectivity index (χ4n) is 3.96. The maximum Gasteiger partial charge on any atom is 0.226 e. The summed E-state index contributed by atoms with van der Waals surface area (Å²) < 4.78 is 0. The van der Waals surface area contributed by atoms with E-state index < -0.39 is 0 Å². The summed E-state index contributed by atoms with van der Waals surface area (Å²) in [6, 6.07) is 5.93. The van der Waals surface area contributed by atoms with Gasteiger partial charge in [0.2, 0.25) is 11.8 Å². The molecule has 2 heterocycles. The first-order valence-electron chi connectivity index (χ1n) is 9.68. The average molecular weight is 343 g/mol. The Bertz CT molecular complexity index is 584. The molecule has 1 aliphatic heterocycles. The standard InChI is InChI=1S/C20H29N3O2/c1-2-3-11-22-19(24)16-8-4-5-9-17(16)20(25)23-13-15(14-23)18-10-6-7-12-21-18/h6-7,10,12,15-17H,2-5,8-9,11,13-14H2,1H3,(H,22,24)/t16-,17+/m1/s1. The van der Waals surface area contributed by atoms with Gasteiger partial charge in [0.15, 0.2) is 0 Å². The van der Waals surface area contributed by atoms with Gasteiger partial charge in [-0.1, -0.05) is 32.3 Å². The van der Waals surface area contributed by atoms with Gasteiger partial charge in [-0.2, -0.15) is 0 Å². The van der Waals surface area contributed by atoms with Gasteiger partial charge in [0.25, 0.3) is 0 Å². The predicted octanol–water partition coefficient (Wildman–Crippen LogP) is 2.73. The summed E-state index contributed by atoms with van der Waals surface area (Å²) in [5, 5.41) is 3.03. The molecule has 0 radical (unpaired) electrons. The smallest absolute Gasteiger partial charge is 0.226 e. The fourth-order valence-corrected chi connectivity index (χ4v) is 3.96. The van der Waals surface area contributed by atoms with E-state index in [0.29, 0.717) is 5.92 Å². The third-order valence-electron chi connectivity index (χ3n) is 5.55. The molecule has 2 fully saturated rings. The second-order valence-electron chi connectivity index (χ2n) is 7.34. The summed E-state index contributed by atoms with van der Waals surface area (Å²) in [7, 11) is 0. The van der Waals surface area contributed by atoms with Crippen LogP contribution >= 0.6 is 0 Å². The lowest BCUT2D eigenvalue weighted by molar-refractivity contribution is -0.147. The van der Waals surface area contributed by atoms with Crippen molar-refractivity contribution in [3.05, 3.63) is 30.1 Å². The zero-order valence-corrected chi connectivity index (χ0v) is 15.1. The Morgan fingerprint density at radius 2 is 1.96 bits per heavy atom. The van der Waals surface area contributed by atoms with E-state index >= 15 is 0 Å². The Balaban J connectivity index is 1.55. The van der Waals surface area contributed by atoms with Crippen molar-refractivity contribution >= 4 is 11.8 Å². The van der Waals surface area contributed by atoms with Gasteiger partial charge in [-0.15, -0.1) is 0 Å². The number of unbranched alkanes of at least 4 members (excludes halogenated alkanes) is 1. The molecule has 0 bridgehead atoms. The largest absolute Gasteiger partial charge is 0.356 e. The van der Waals surface area contributed by atoms with Crippen LogP contribution in [0.4, 0.5) is 0 Å². The molecular formula is C20H29N3O2. The Hall–Kier alpha value is -1.91. The zero-order valence-electron chi connectivity index (χ0n) is 15.1. The molecule has 5 heteroatoms. The lowest BCUT2D eigenvalue weighted by atomic mass is 9.77. The van der Waals surface area contributed by atoms with Gasteiger partial charge in [0.1, 0.15) is 0 Å². The number of aromatic nitrogens is 1. The zero-order chi connectivity index (χ0) is 17.6. The molecule has 136 valence electrons. The molecule has 1 N–H and O–H groups in total. The molecule has 0 spiro atoms. The van der Waals surface area contributed by atoms with E-state index in [0.717, 1.165) is 63.9 Å². The van der Waals surface area contributed by atoms with Crippen molar-refractivity contribution in [2.75, 3.05) is 19.6 Å². The number of hydrogen-bond acceptors (Lipinski definition) is 3. The number of pyridine rings is 1. The summed E-state index contributed by atoms with van der Waals surface area (Å²) in [6.45, 7) is 4.30. The molecular weight excluding hydrogens is 314 g/mol. The molecule has 2 amide bonds. The highest BCUT2D eigenvalue weighted by molar-refractivity contribution is 5.88. The lowest BCUT2D eigenvalue weighted by Crippen LogP contribution is -2.53. The van der Waals surface area contributed by atoms with Crippen LogP contribution in [0.1, 0.15) is 57.1 Å². The van der Waals surface area contributed by atoms with E-state index in [1.807, 2.05) is 23.1 Å². The van der Waals surface area contributed by atoms with E-state index in [2.05, 4.69) is 17.2 Å². The minimum Gasteiger partial charge on any atom is -0.356 e. The number of hydrogen-bond donors (Lipinski definition) is 1.